The summed E-state index contributed by atoms with van der Waals surface area (Å²) in [7, 11) is 0. The molecule has 2 amide bonds. The Morgan fingerprint density at radius 1 is 1.03 bits per heavy atom. The number of aliphatic hydroxyl groups is 1. The van der Waals surface area contributed by atoms with Gasteiger partial charge in [-0.25, -0.2) is 0 Å². The van der Waals surface area contributed by atoms with E-state index in [0.29, 0.717) is 31.7 Å². The van der Waals surface area contributed by atoms with Crippen molar-refractivity contribution in [1.82, 2.24) is 15.1 Å². The standard InChI is InChI=1S/C30H45N3O3/c1-2-3-17-33-27(34)26(21-29(36)13-7-4-8-14-29)31-28(35)30(33)15-18-32(19-16-30)22-23-11-12-24-9-5-6-10-25(24)20-23/h5-6,9-10,23,26,36H,2-4,7-8,11-22H2,1H3,(H,31,35)/t23?,26-/m1/s1. The lowest BCUT2D eigenvalue weighted by atomic mass is 9.77. The number of carbonyl (C=O) groups excluding carboxylic acids is 2. The van der Waals surface area contributed by atoms with Gasteiger partial charge in [-0.1, -0.05) is 56.9 Å². The van der Waals surface area contributed by atoms with Crippen LogP contribution >= 0.6 is 0 Å². The number of carbonyl (C=O) groups is 2. The molecule has 36 heavy (non-hydrogen) atoms. The lowest BCUT2D eigenvalue weighted by Gasteiger charge is -2.52. The number of piperidine rings is 1. The molecule has 0 aromatic heterocycles. The average molecular weight is 496 g/mol. The van der Waals surface area contributed by atoms with Crippen molar-refractivity contribution in [2.45, 2.75) is 108 Å². The summed E-state index contributed by atoms with van der Waals surface area (Å²) in [5.74, 6) is 0.695. The summed E-state index contributed by atoms with van der Waals surface area (Å²) in [5.41, 5.74) is 1.45. The van der Waals surface area contributed by atoms with E-state index in [-0.39, 0.29) is 11.8 Å². The highest BCUT2D eigenvalue weighted by atomic mass is 16.3. The SMILES string of the molecule is CCCCN1C(=O)[C@@H](CC2(O)CCCCC2)NC(=O)C12CCN(CC1CCc3ccccc3C1)CC2. The topological polar surface area (TPSA) is 72.9 Å². The van der Waals surface area contributed by atoms with Crippen LogP contribution in [0.2, 0.25) is 0 Å². The highest BCUT2D eigenvalue weighted by Crippen LogP contribution is 2.38. The second-order valence-electron chi connectivity index (χ2n) is 12.1. The minimum atomic E-state index is -0.825. The number of piperazine rings is 1. The molecule has 198 valence electrons. The molecule has 2 saturated heterocycles. The number of likely N-dealkylation sites (tertiary alicyclic amines) is 1. The van der Waals surface area contributed by atoms with Gasteiger partial charge in [0.05, 0.1) is 5.60 Å². The van der Waals surface area contributed by atoms with E-state index in [1.165, 1.54) is 17.5 Å². The predicted octanol–water partition coefficient (Wildman–Crippen LogP) is 3.84. The van der Waals surface area contributed by atoms with Crippen LogP contribution in [0.3, 0.4) is 0 Å². The molecule has 2 heterocycles. The maximum absolute atomic E-state index is 13.8. The van der Waals surface area contributed by atoms with Crippen LogP contribution in [0.25, 0.3) is 0 Å². The van der Waals surface area contributed by atoms with Gasteiger partial charge in [-0.3, -0.25) is 9.59 Å². The molecule has 6 heteroatoms. The number of amides is 2. The van der Waals surface area contributed by atoms with Crippen LogP contribution in [-0.4, -0.2) is 70.1 Å². The van der Waals surface area contributed by atoms with Gasteiger partial charge in [0, 0.05) is 32.6 Å². The van der Waals surface area contributed by atoms with Gasteiger partial charge in [0.15, 0.2) is 0 Å². The Labute approximate surface area is 216 Å². The lowest BCUT2D eigenvalue weighted by molar-refractivity contribution is -0.163. The second-order valence-corrected chi connectivity index (χ2v) is 12.1. The Morgan fingerprint density at radius 3 is 2.47 bits per heavy atom. The summed E-state index contributed by atoms with van der Waals surface area (Å²) >= 11 is 0. The first-order valence-corrected chi connectivity index (χ1v) is 14.6. The Morgan fingerprint density at radius 2 is 1.75 bits per heavy atom. The smallest absolute Gasteiger partial charge is 0.246 e. The van der Waals surface area contributed by atoms with E-state index in [2.05, 4.69) is 41.4 Å². The van der Waals surface area contributed by atoms with Crippen LogP contribution < -0.4 is 5.32 Å². The van der Waals surface area contributed by atoms with Crippen molar-refractivity contribution < 1.29 is 14.7 Å². The summed E-state index contributed by atoms with van der Waals surface area (Å²) < 4.78 is 0. The third-order valence-corrected chi connectivity index (χ3v) is 9.56. The van der Waals surface area contributed by atoms with Gasteiger partial charge in [-0.15, -0.1) is 0 Å². The van der Waals surface area contributed by atoms with Crippen LogP contribution in [0.5, 0.6) is 0 Å². The molecule has 0 radical (unpaired) electrons. The van der Waals surface area contributed by atoms with Crippen LogP contribution in [0.4, 0.5) is 0 Å². The first-order chi connectivity index (χ1) is 17.4. The van der Waals surface area contributed by atoms with E-state index < -0.39 is 17.2 Å². The van der Waals surface area contributed by atoms with Crippen molar-refractivity contribution in [3.05, 3.63) is 35.4 Å². The summed E-state index contributed by atoms with van der Waals surface area (Å²) in [4.78, 5) is 31.9. The summed E-state index contributed by atoms with van der Waals surface area (Å²) in [5, 5.41) is 14.2. The first-order valence-electron chi connectivity index (χ1n) is 14.6. The molecule has 2 aliphatic carbocycles. The minimum Gasteiger partial charge on any atom is -0.390 e. The van der Waals surface area contributed by atoms with Crippen molar-refractivity contribution in [2.75, 3.05) is 26.2 Å². The third-order valence-electron chi connectivity index (χ3n) is 9.56. The highest BCUT2D eigenvalue weighted by molar-refractivity contribution is 6.00. The zero-order chi connectivity index (χ0) is 25.2. The zero-order valence-corrected chi connectivity index (χ0v) is 22.1. The predicted molar refractivity (Wildman–Crippen MR) is 142 cm³/mol. The van der Waals surface area contributed by atoms with E-state index in [9.17, 15) is 14.7 Å². The quantitative estimate of drug-likeness (QED) is 0.603. The van der Waals surface area contributed by atoms with E-state index in [1.807, 2.05) is 4.90 Å². The maximum atomic E-state index is 13.8. The van der Waals surface area contributed by atoms with Crippen molar-refractivity contribution in [2.24, 2.45) is 5.92 Å². The largest absolute Gasteiger partial charge is 0.390 e. The van der Waals surface area contributed by atoms with Crippen LogP contribution in [0.15, 0.2) is 24.3 Å². The molecule has 1 aromatic carbocycles. The number of nitrogens with zero attached hydrogens (tertiary/aromatic N) is 2. The molecule has 1 saturated carbocycles. The van der Waals surface area contributed by atoms with E-state index in [1.54, 1.807) is 0 Å². The fraction of sp³-hybridized carbons (Fsp3) is 0.733. The van der Waals surface area contributed by atoms with Crippen molar-refractivity contribution >= 4 is 11.8 Å². The Kier molecular flexibility index (Phi) is 7.73. The monoisotopic (exact) mass is 495 g/mol. The summed E-state index contributed by atoms with van der Waals surface area (Å²) in [6.07, 6.45) is 11.8. The molecule has 3 fully saturated rings. The average Bonchev–Trinajstić information content (AvgIpc) is 2.89. The Hall–Kier alpha value is -1.92. The van der Waals surface area contributed by atoms with E-state index >= 15 is 0 Å². The second kappa shape index (κ2) is 10.8. The summed E-state index contributed by atoms with van der Waals surface area (Å²) in [6.45, 7) is 5.56. The van der Waals surface area contributed by atoms with Crippen molar-refractivity contribution in [1.29, 1.82) is 0 Å². The molecule has 0 bridgehead atoms. The number of nitrogens with one attached hydrogen (secondary N) is 1. The van der Waals surface area contributed by atoms with Crippen LogP contribution in [0.1, 0.15) is 88.7 Å². The Bertz CT molecular complexity index is 933. The molecule has 2 N–H and O–H groups in total. The molecular formula is C30H45N3O3. The number of hydrogen-bond acceptors (Lipinski definition) is 4. The van der Waals surface area contributed by atoms with Crippen LogP contribution in [-0.2, 0) is 22.4 Å². The van der Waals surface area contributed by atoms with E-state index in [4.69, 9.17) is 0 Å². The van der Waals surface area contributed by atoms with Crippen molar-refractivity contribution in [3.8, 4) is 0 Å². The lowest BCUT2D eigenvalue weighted by Crippen LogP contribution is -2.73. The van der Waals surface area contributed by atoms with Gasteiger partial charge in [0.25, 0.3) is 0 Å². The number of unbranched alkanes of at least 4 members (excludes halogenated alkanes) is 1. The molecule has 1 unspecified atom stereocenters. The number of aryl methyl sites for hydroxylation is 1. The van der Waals surface area contributed by atoms with Crippen molar-refractivity contribution in [3.63, 3.8) is 0 Å². The Balaban J connectivity index is 1.24. The zero-order valence-electron chi connectivity index (χ0n) is 22.1. The normalized spacial score (nSPS) is 28.1. The maximum Gasteiger partial charge on any atom is 0.246 e. The van der Waals surface area contributed by atoms with Gasteiger partial charge in [-0.2, -0.15) is 0 Å². The molecule has 4 aliphatic rings. The first kappa shape index (κ1) is 25.7. The molecule has 6 nitrogen and oxygen atoms in total. The van der Waals surface area contributed by atoms with Gasteiger partial charge >= 0.3 is 0 Å². The van der Waals surface area contributed by atoms with Gasteiger partial charge in [0.1, 0.15) is 11.6 Å². The molecule has 1 aromatic rings. The van der Waals surface area contributed by atoms with Gasteiger partial charge in [-0.05, 0) is 68.4 Å². The van der Waals surface area contributed by atoms with E-state index in [0.717, 1.165) is 77.4 Å². The van der Waals surface area contributed by atoms with Gasteiger partial charge < -0.3 is 20.2 Å². The van der Waals surface area contributed by atoms with Crippen LogP contribution in [0, 0.1) is 5.92 Å². The third kappa shape index (κ3) is 5.22. The fourth-order valence-electron chi connectivity index (χ4n) is 7.35. The highest BCUT2D eigenvalue weighted by Gasteiger charge is 2.54. The molecular weight excluding hydrogens is 450 g/mol. The number of fused-ring (bicyclic) bond motifs is 1. The molecule has 2 aliphatic heterocycles. The molecule has 5 rings (SSSR count). The molecule has 1 spiro atoms. The molecule has 2 atom stereocenters. The number of benzene rings is 1. The van der Waals surface area contributed by atoms with Gasteiger partial charge in [0.2, 0.25) is 11.8 Å². The number of hydrogen-bond donors (Lipinski definition) is 2. The summed E-state index contributed by atoms with van der Waals surface area (Å²) in [6, 6.07) is 8.24. The fourth-order valence-corrected chi connectivity index (χ4v) is 7.35. The number of rotatable bonds is 7. The minimum absolute atomic E-state index is 0.00820.